The number of ether oxygens (including phenoxy) is 1. The predicted molar refractivity (Wildman–Crippen MR) is 70.1 cm³/mol. The molecule has 1 aliphatic heterocycles. The maximum absolute atomic E-state index is 5.76. The Labute approximate surface area is 101 Å². The normalized spacial score (nSPS) is 18.8. The van der Waals surface area contributed by atoms with E-state index in [1.54, 1.807) is 0 Å². The summed E-state index contributed by atoms with van der Waals surface area (Å²) in [6.07, 6.45) is 0.956. The number of rotatable bonds is 3. The zero-order valence-corrected chi connectivity index (χ0v) is 10.2. The quantitative estimate of drug-likeness (QED) is 0.814. The summed E-state index contributed by atoms with van der Waals surface area (Å²) in [6.45, 7) is 3.82. The van der Waals surface area contributed by atoms with Crippen LogP contribution >= 0.6 is 12.2 Å². The van der Waals surface area contributed by atoms with Crippen LogP contribution in [-0.4, -0.2) is 24.2 Å². The molecule has 0 aromatic heterocycles. The van der Waals surface area contributed by atoms with Gasteiger partial charge in [-0.15, -0.1) is 0 Å². The van der Waals surface area contributed by atoms with Crippen LogP contribution in [0.3, 0.4) is 0 Å². The first-order valence-corrected chi connectivity index (χ1v) is 5.86. The van der Waals surface area contributed by atoms with Crippen LogP contribution in [0.4, 0.5) is 5.69 Å². The molecular weight excluding hydrogens is 220 g/mol. The molecule has 0 saturated heterocycles. The molecule has 86 valence electrons. The molecular formula is C12H16N2OS. The van der Waals surface area contributed by atoms with Gasteiger partial charge in [0.1, 0.15) is 11.9 Å². The van der Waals surface area contributed by atoms with Crippen molar-refractivity contribution in [3.63, 3.8) is 0 Å². The second kappa shape index (κ2) is 4.70. The van der Waals surface area contributed by atoms with E-state index in [1.165, 1.54) is 0 Å². The summed E-state index contributed by atoms with van der Waals surface area (Å²) in [5.74, 6) is 0.948. The summed E-state index contributed by atoms with van der Waals surface area (Å²) in [5.41, 5.74) is 6.67. The molecule has 1 unspecified atom stereocenters. The van der Waals surface area contributed by atoms with Crippen molar-refractivity contribution in [2.45, 2.75) is 19.4 Å². The van der Waals surface area contributed by atoms with E-state index >= 15 is 0 Å². The van der Waals surface area contributed by atoms with Crippen LogP contribution in [-0.2, 0) is 0 Å². The third-order valence-corrected chi connectivity index (χ3v) is 2.84. The number of fused-ring (bicyclic) bond motifs is 1. The van der Waals surface area contributed by atoms with Crippen molar-refractivity contribution in [1.29, 1.82) is 0 Å². The summed E-state index contributed by atoms with van der Waals surface area (Å²) >= 11 is 4.91. The lowest BCUT2D eigenvalue weighted by Crippen LogP contribution is -2.39. The highest BCUT2D eigenvalue weighted by Crippen LogP contribution is 2.32. The van der Waals surface area contributed by atoms with Gasteiger partial charge in [-0.1, -0.05) is 24.4 Å². The zero-order valence-electron chi connectivity index (χ0n) is 9.35. The minimum atomic E-state index is 0.209. The number of thiocarbonyl (C=S) groups is 1. The number of hydrogen-bond acceptors (Lipinski definition) is 3. The summed E-state index contributed by atoms with van der Waals surface area (Å²) in [7, 11) is 0. The van der Waals surface area contributed by atoms with Gasteiger partial charge >= 0.3 is 0 Å². The van der Waals surface area contributed by atoms with Gasteiger partial charge in [0, 0.05) is 13.0 Å². The molecule has 2 N–H and O–H groups in total. The van der Waals surface area contributed by atoms with E-state index in [1.807, 2.05) is 18.2 Å². The van der Waals surface area contributed by atoms with E-state index in [9.17, 15) is 0 Å². The Hall–Kier alpha value is -1.29. The molecule has 0 aliphatic carbocycles. The minimum Gasteiger partial charge on any atom is -0.487 e. The van der Waals surface area contributed by atoms with Gasteiger partial charge < -0.3 is 15.4 Å². The van der Waals surface area contributed by atoms with Crippen LogP contribution in [0.2, 0.25) is 0 Å². The van der Waals surface area contributed by atoms with Gasteiger partial charge in [-0.3, -0.25) is 0 Å². The van der Waals surface area contributed by atoms with Crippen LogP contribution in [0, 0.1) is 0 Å². The van der Waals surface area contributed by atoms with E-state index in [0.717, 1.165) is 30.9 Å². The molecule has 2 rings (SSSR count). The third-order valence-electron chi connectivity index (χ3n) is 2.64. The molecule has 1 atom stereocenters. The van der Waals surface area contributed by atoms with E-state index in [-0.39, 0.29) is 6.10 Å². The maximum Gasteiger partial charge on any atom is 0.143 e. The molecule has 4 heteroatoms. The van der Waals surface area contributed by atoms with Gasteiger partial charge in [0.25, 0.3) is 0 Å². The highest BCUT2D eigenvalue weighted by atomic mass is 32.1. The Morgan fingerprint density at radius 3 is 3.06 bits per heavy atom. The largest absolute Gasteiger partial charge is 0.487 e. The number of nitrogens with two attached hydrogens (primary N) is 1. The van der Waals surface area contributed by atoms with Crippen molar-refractivity contribution in [3.05, 3.63) is 24.3 Å². The Kier molecular flexibility index (Phi) is 3.29. The average molecular weight is 236 g/mol. The highest BCUT2D eigenvalue weighted by molar-refractivity contribution is 7.80. The smallest absolute Gasteiger partial charge is 0.143 e. The number of nitrogens with zero attached hydrogens (tertiary/aromatic N) is 1. The van der Waals surface area contributed by atoms with Gasteiger partial charge in [-0.05, 0) is 19.1 Å². The molecule has 0 bridgehead atoms. The van der Waals surface area contributed by atoms with Crippen molar-refractivity contribution in [1.82, 2.24) is 0 Å². The lowest BCUT2D eigenvalue weighted by molar-refractivity contribution is 0.213. The summed E-state index contributed by atoms with van der Waals surface area (Å²) < 4.78 is 5.76. The topological polar surface area (TPSA) is 38.5 Å². The van der Waals surface area contributed by atoms with Crippen molar-refractivity contribution in [2.75, 3.05) is 18.0 Å². The van der Waals surface area contributed by atoms with Gasteiger partial charge in [-0.25, -0.2) is 0 Å². The fraction of sp³-hybridized carbons (Fsp3) is 0.417. The number of hydrogen-bond donors (Lipinski definition) is 1. The molecule has 0 radical (unpaired) electrons. The summed E-state index contributed by atoms with van der Waals surface area (Å²) in [5, 5.41) is 0. The second-order valence-electron chi connectivity index (χ2n) is 4.06. The Bertz CT molecular complexity index is 394. The molecule has 0 amide bonds. The SMILES string of the molecule is CC1CN(CCC(N)=S)c2ccccc2O1. The molecule has 0 spiro atoms. The van der Waals surface area contributed by atoms with E-state index < -0.39 is 0 Å². The molecule has 1 heterocycles. The Balaban J connectivity index is 2.16. The van der Waals surface area contributed by atoms with E-state index in [0.29, 0.717) is 4.99 Å². The van der Waals surface area contributed by atoms with Gasteiger partial charge in [0.05, 0.1) is 17.2 Å². The van der Waals surface area contributed by atoms with Gasteiger partial charge in [-0.2, -0.15) is 0 Å². The molecule has 16 heavy (non-hydrogen) atoms. The standard InChI is InChI=1S/C12H16N2OS/c1-9-8-14(7-6-12(13)16)10-4-2-3-5-11(10)15-9/h2-5,9H,6-8H2,1H3,(H2,13,16). The Morgan fingerprint density at radius 2 is 2.31 bits per heavy atom. The van der Waals surface area contributed by atoms with Crippen molar-refractivity contribution < 1.29 is 4.74 Å². The first-order valence-electron chi connectivity index (χ1n) is 5.46. The summed E-state index contributed by atoms with van der Waals surface area (Å²) in [4.78, 5) is 2.85. The van der Waals surface area contributed by atoms with Crippen molar-refractivity contribution in [2.24, 2.45) is 5.73 Å². The fourth-order valence-electron chi connectivity index (χ4n) is 1.94. The van der Waals surface area contributed by atoms with Crippen LogP contribution in [0.1, 0.15) is 13.3 Å². The first kappa shape index (κ1) is 11.2. The second-order valence-corrected chi connectivity index (χ2v) is 4.58. The Morgan fingerprint density at radius 1 is 1.56 bits per heavy atom. The molecule has 1 aliphatic rings. The van der Waals surface area contributed by atoms with Crippen LogP contribution < -0.4 is 15.4 Å². The third kappa shape index (κ3) is 2.44. The van der Waals surface area contributed by atoms with Crippen LogP contribution in [0.25, 0.3) is 0 Å². The lowest BCUT2D eigenvalue weighted by atomic mass is 10.2. The molecule has 3 nitrogen and oxygen atoms in total. The minimum absolute atomic E-state index is 0.209. The van der Waals surface area contributed by atoms with Crippen molar-refractivity contribution in [3.8, 4) is 5.75 Å². The number of anilines is 1. The fourth-order valence-corrected chi connectivity index (χ4v) is 2.03. The maximum atomic E-state index is 5.76. The molecule has 1 aromatic carbocycles. The molecule has 1 aromatic rings. The van der Waals surface area contributed by atoms with Gasteiger partial charge in [0.15, 0.2) is 0 Å². The van der Waals surface area contributed by atoms with Crippen LogP contribution in [0.15, 0.2) is 24.3 Å². The molecule has 0 saturated carbocycles. The zero-order chi connectivity index (χ0) is 11.5. The van der Waals surface area contributed by atoms with Crippen LogP contribution in [0.5, 0.6) is 5.75 Å². The number of benzene rings is 1. The average Bonchev–Trinajstić information content (AvgIpc) is 2.25. The van der Waals surface area contributed by atoms with E-state index in [2.05, 4.69) is 17.9 Å². The molecule has 0 fully saturated rings. The summed E-state index contributed by atoms with van der Waals surface area (Å²) in [6, 6.07) is 8.08. The first-order chi connectivity index (χ1) is 7.66. The van der Waals surface area contributed by atoms with Gasteiger partial charge in [0.2, 0.25) is 0 Å². The predicted octanol–water partition coefficient (Wildman–Crippen LogP) is 1.95. The monoisotopic (exact) mass is 236 g/mol. The number of para-hydroxylation sites is 2. The lowest BCUT2D eigenvalue weighted by Gasteiger charge is -2.34. The van der Waals surface area contributed by atoms with Crippen molar-refractivity contribution >= 4 is 22.9 Å². The highest BCUT2D eigenvalue weighted by Gasteiger charge is 2.21. The van der Waals surface area contributed by atoms with E-state index in [4.69, 9.17) is 22.7 Å².